The number of aromatic nitrogens is 1. The second kappa shape index (κ2) is 4.07. The summed E-state index contributed by atoms with van der Waals surface area (Å²) >= 11 is 0. The second-order valence-electron chi connectivity index (χ2n) is 3.17. The minimum absolute atomic E-state index is 0.299. The van der Waals surface area contributed by atoms with Crippen molar-refractivity contribution < 1.29 is 8.78 Å². The van der Waals surface area contributed by atoms with Gasteiger partial charge >= 0.3 is 0 Å². The lowest BCUT2D eigenvalue weighted by Gasteiger charge is -2.03. The van der Waals surface area contributed by atoms with Crippen LogP contribution in [0.4, 0.5) is 8.78 Å². The summed E-state index contributed by atoms with van der Waals surface area (Å²) in [6.45, 7) is 0. The molecule has 0 bridgehead atoms. The first-order valence-corrected chi connectivity index (χ1v) is 4.52. The van der Waals surface area contributed by atoms with Crippen molar-refractivity contribution in [3.05, 3.63) is 53.9 Å². The number of hydrogen-bond donors (Lipinski definition) is 0. The predicted octanol–water partition coefficient (Wildman–Crippen LogP) is 2.90. The fraction of sp³-hybridized carbons (Fsp3) is 0. The van der Waals surface area contributed by atoms with Crippen LogP contribution in [0, 0.1) is 23.0 Å². The third-order valence-corrected chi connectivity index (χ3v) is 2.16. The topological polar surface area (TPSA) is 36.7 Å². The largest absolute Gasteiger partial charge is 0.265 e. The molecule has 0 atom stereocenters. The summed E-state index contributed by atoms with van der Waals surface area (Å²) in [5, 5.41) is 8.65. The van der Waals surface area contributed by atoms with Gasteiger partial charge < -0.3 is 0 Å². The van der Waals surface area contributed by atoms with E-state index in [1.54, 1.807) is 30.6 Å². The number of nitriles is 1. The first kappa shape index (κ1) is 10.2. The van der Waals surface area contributed by atoms with E-state index in [2.05, 4.69) is 4.98 Å². The average Bonchev–Trinajstić information content (AvgIpc) is 2.33. The average molecular weight is 216 g/mol. The van der Waals surface area contributed by atoms with E-state index in [9.17, 15) is 8.78 Å². The smallest absolute Gasteiger partial charge is 0.176 e. The molecular formula is C12H6F2N2. The molecule has 1 heterocycles. The minimum atomic E-state index is -1.11. The number of halogens is 2. The van der Waals surface area contributed by atoms with Gasteiger partial charge in [0.2, 0.25) is 0 Å². The van der Waals surface area contributed by atoms with Crippen molar-refractivity contribution in [2.75, 3.05) is 0 Å². The van der Waals surface area contributed by atoms with Crippen LogP contribution in [0.25, 0.3) is 11.1 Å². The highest BCUT2D eigenvalue weighted by Crippen LogP contribution is 2.23. The van der Waals surface area contributed by atoms with Crippen molar-refractivity contribution in [3.63, 3.8) is 0 Å². The molecule has 0 N–H and O–H groups in total. The van der Waals surface area contributed by atoms with Crippen molar-refractivity contribution in [1.82, 2.24) is 4.98 Å². The molecule has 0 amide bonds. The van der Waals surface area contributed by atoms with Gasteiger partial charge in [-0.1, -0.05) is 0 Å². The Balaban J connectivity index is 2.61. The summed E-state index contributed by atoms with van der Waals surface area (Å²) in [6.07, 6.45) is 3.09. The fourth-order valence-electron chi connectivity index (χ4n) is 1.38. The molecule has 78 valence electrons. The van der Waals surface area contributed by atoms with Crippen LogP contribution < -0.4 is 0 Å². The maximum Gasteiger partial charge on any atom is 0.176 e. The molecule has 2 nitrogen and oxygen atoms in total. The molecule has 4 heteroatoms. The molecule has 0 aliphatic heterocycles. The zero-order valence-electron chi connectivity index (χ0n) is 8.11. The van der Waals surface area contributed by atoms with Crippen molar-refractivity contribution in [2.24, 2.45) is 0 Å². The van der Waals surface area contributed by atoms with Gasteiger partial charge in [-0.15, -0.1) is 0 Å². The van der Waals surface area contributed by atoms with Crippen LogP contribution in [0.1, 0.15) is 5.56 Å². The third-order valence-electron chi connectivity index (χ3n) is 2.16. The van der Waals surface area contributed by atoms with Crippen LogP contribution in [-0.2, 0) is 0 Å². The summed E-state index contributed by atoms with van der Waals surface area (Å²) in [7, 11) is 0. The van der Waals surface area contributed by atoms with Gasteiger partial charge in [0.05, 0.1) is 5.56 Å². The number of nitrogens with zero attached hydrogens (tertiary/aromatic N) is 2. The van der Waals surface area contributed by atoms with E-state index < -0.39 is 11.6 Å². The Hall–Kier alpha value is -2.28. The molecule has 1 aromatic heterocycles. The number of pyridine rings is 1. The molecule has 16 heavy (non-hydrogen) atoms. The monoisotopic (exact) mass is 216 g/mol. The number of hydrogen-bond acceptors (Lipinski definition) is 2. The Bertz CT molecular complexity index is 559. The summed E-state index contributed by atoms with van der Waals surface area (Å²) in [6, 6.07) is 7.31. The van der Waals surface area contributed by atoms with E-state index in [0.29, 0.717) is 11.1 Å². The zero-order valence-corrected chi connectivity index (χ0v) is 8.11. The normalized spacial score (nSPS) is 9.81. The quantitative estimate of drug-likeness (QED) is 0.734. The lowest BCUT2D eigenvalue weighted by molar-refractivity contribution is 0.507. The Kier molecular flexibility index (Phi) is 2.61. The summed E-state index contributed by atoms with van der Waals surface area (Å²) < 4.78 is 26.3. The highest BCUT2D eigenvalue weighted by molar-refractivity contribution is 5.64. The predicted molar refractivity (Wildman–Crippen MR) is 54.3 cm³/mol. The number of rotatable bonds is 1. The van der Waals surface area contributed by atoms with Gasteiger partial charge in [0.25, 0.3) is 0 Å². The molecular weight excluding hydrogens is 210 g/mol. The minimum Gasteiger partial charge on any atom is -0.265 e. The first-order valence-electron chi connectivity index (χ1n) is 4.52. The van der Waals surface area contributed by atoms with Crippen molar-refractivity contribution >= 4 is 0 Å². The molecule has 1 aromatic carbocycles. The van der Waals surface area contributed by atoms with Gasteiger partial charge in [0, 0.05) is 12.4 Å². The second-order valence-corrected chi connectivity index (χ2v) is 3.17. The molecule has 2 aromatic rings. The summed E-state index contributed by atoms with van der Waals surface area (Å²) in [4.78, 5) is 3.82. The molecule has 0 saturated heterocycles. The van der Waals surface area contributed by atoms with Crippen LogP contribution in [0.5, 0.6) is 0 Å². The Morgan fingerprint density at radius 2 is 1.75 bits per heavy atom. The van der Waals surface area contributed by atoms with Crippen molar-refractivity contribution in [2.45, 2.75) is 0 Å². The molecule has 0 radical (unpaired) electrons. The van der Waals surface area contributed by atoms with Gasteiger partial charge in [0.1, 0.15) is 6.07 Å². The summed E-state index contributed by atoms with van der Waals surface area (Å²) in [5.74, 6) is -2.13. The van der Waals surface area contributed by atoms with Crippen LogP contribution >= 0.6 is 0 Å². The van der Waals surface area contributed by atoms with E-state index in [0.717, 1.165) is 6.07 Å². The SMILES string of the molecule is N#Cc1cc(-c2ccncc2)cc(F)c1F. The maximum absolute atomic E-state index is 13.2. The van der Waals surface area contributed by atoms with Crippen LogP contribution in [0.15, 0.2) is 36.7 Å². The molecule has 0 aliphatic rings. The lowest BCUT2D eigenvalue weighted by Crippen LogP contribution is -1.91. The molecule has 0 saturated carbocycles. The molecule has 0 aliphatic carbocycles. The molecule has 0 unspecified atom stereocenters. The van der Waals surface area contributed by atoms with Gasteiger partial charge in [0.15, 0.2) is 11.6 Å². The Labute approximate surface area is 90.8 Å². The molecule has 2 rings (SSSR count). The van der Waals surface area contributed by atoms with Crippen LogP contribution in [0.3, 0.4) is 0 Å². The van der Waals surface area contributed by atoms with E-state index in [1.165, 1.54) is 6.07 Å². The fourth-order valence-corrected chi connectivity index (χ4v) is 1.38. The highest BCUT2D eigenvalue weighted by Gasteiger charge is 2.11. The first-order chi connectivity index (χ1) is 7.72. The van der Waals surface area contributed by atoms with Gasteiger partial charge in [-0.05, 0) is 35.4 Å². The Morgan fingerprint density at radius 3 is 2.38 bits per heavy atom. The zero-order chi connectivity index (χ0) is 11.5. The van der Waals surface area contributed by atoms with E-state index in [1.807, 2.05) is 0 Å². The van der Waals surface area contributed by atoms with E-state index in [4.69, 9.17) is 5.26 Å². The third kappa shape index (κ3) is 1.75. The van der Waals surface area contributed by atoms with Crippen LogP contribution in [-0.4, -0.2) is 4.98 Å². The van der Waals surface area contributed by atoms with Gasteiger partial charge in [-0.25, -0.2) is 8.78 Å². The molecule has 0 spiro atoms. The van der Waals surface area contributed by atoms with Crippen molar-refractivity contribution in [3.8, 4) is 17.2 Å². The Morgan fingerprint density at radius 1 is 1.06 bits per heavy atom. The van der Waals surface area contributed by atoms with Gasteiger partial charge in [-0.3, -0.25) is 4.98 Å². The van der Waals surface area contributed by atoms with Crippen molar-refractivity contribution in [1.29, 1.82) is 5.26 Å². The van der Waals surface area contributed by atoms with E-state index in [-0.39, 0.29) is 5.56 Å². The highest BCUT2D eigenvalue weighted by atomic mass is 19.2. The standard InChI is InChI=1S/C12H6F2N2/c13-11-6-9(5-10(7-15)12(11)14)8-1-3-16-4-2-8/h1-6H. The number of benzene rings is 1. The summed E-state index contributed by atoms with van der Waals surface area (Å²) in [5.41, 5.74) is 0.843. The van der Waals surface area contributed by atoms with Gasteiger partial charge in [-0.2, -0.15) is 5.26 Å². The van der Waals surface area contributed by atoms with Crippen LogP contribution in [0.2, 0.25) is 0 Å². The lowest BCUT2D eigenvalue weighted by atomic mass is 10.0. The molecule has 0 fully saturated rings. The maximum atomic E-state index is 13.2. The van der Waals surface area contributed by atoms with E-state index >= 15 is 0 Å².